The minimum absolute atomic E-state index is 1.14. The number of benzene rings is 1. The summed E-state index contributed by atoms with van der Waals surface area (Å²) >= 11 is 0. The van der Waals surface area contributed by atoms with Crippen LogP contribution in [0.1, 0.15) is 12.5 Å². The van der Waals surface area contributed by atoms with Gasteiger partial charge in [0.1, 0.15) is 12.2 Å². The largest absolute Gasteiger partial charge is 0.255 e. The van der Waals surface area contributed by atoms with Crippen LogP contribution < -0.4 is 0 Å². The molecule has 2 rings (SSSR count). The molecule has 0 saturated heterocycles. The van der Waals surface area contributed by atoms with Gasteiger partial charge in [-0.25, -0.2) is 0 Å². The first-order valence-electron chi connectivity index (χ1n) is 4.66. The van der Waals surface area contributed by atoms with E-state index >= 15 is 0 Å². The molecule has 0 N–H and O–H groups in total. The van der Waals surface area contributed by atoms with E-state index in [0.29, 0.717) is 0 Å². The van der Waals surface area contributed by atoms with Crippen LogP contribution in [0, 0.1) is 6.04 Å². The second-order valence-electron chi connectivity index (χ2n) is 3.43. The van der Waals surface area contributed by atoms with E-state index in [9.17, 15) is 0 Å². The Morgan fingerprint density at radius 3 is 2.64 bits per heavy atom. The molecule has 0 atom stereocenters. The zero-order chi connectivity index (χ0) is 9.97. The number of allylic oxidation sites excluding steroid dienone is 2. The summed E-state index contributed by atoms with van der Waals surface area (Å²) in [6.45, 7) is 6.04. The molecule has 0 unspecified atom stereocenters. The quantitative estimate of drug-likeness (QED) is 0.465. The predicted octanol–water partition coefficient (Wildman–Crippen LogP) is 2.75. The Morgan fingerprint density at radius 2 is 1.93 bits per heavy atom. The molecule has 1 heteroatoms. The summed E-state index contributed by atoms with van der Waals surface area (Å²) < 4.78 is 1.89. The maximum Gasteiger partial charge on any atom is 0.147 e. The average molecular weight is 183 g/mol. The average Bonchev–Trinajstić information content (AvgIpc) is 2.23. The molecule has 0 saturated carbocycles. The van der Waals surface area contributed by atoms with E-state index in [0.717, 1.165) is 6.04 Å². The summed E-state index contributed by atoms with van der Waals surface area (Å²) in [5.74, 6) is 0. The van der Waals surface area contributed by atoms with Gasteiger partial charge in [0.2, 0.25) is 0 Å². The minimum atomic E-state index is 1.14. The zero-order valence-corrected chi connectivity index (χ0v) is 8.27. The van der Waals surface area contributed by atoms with E-state index in [1.54, 1.807) is 0 Å². The van der Waals surface area contributed by atoms with Gasteiger partial charge in [-0.3, -0.25) is 4.58 Å². The van der Waals surface area contributed by atoms with Crippen LogP contribution in [0.4, 0.5) is 0 Å². The van der Waals surface area contributed by atoms with Crippen LogP contribution in [0.5, 0.6) is 0 Å². The van der Waals surface area contributed by atoms with Crippen LogP contribution in [0.2, 0.25) is 0 Å². The maximum atomic E-state index is 3.95. The van der Waals surface area contributed by atoms with Crippen LogP contribution >= 0.6 is 0 Å². The first-order valence-corrected chi connectivity index (χ1v) is 4.66. The molecule has 0 aliphatic carbocycles. The van der Waals surface area contributed by atoms with Crippen molar-refractivity contribution in [2.75, 3.05) is 0 Å². The van der Waals surface area contributed by atoms with Gasteiger partial charge in [-0.05, 0) is 11.6 Å². The highest BCUT2D eigenvalue weighted by molar-refractivity contribution is 5.40. The molecule has 0 radical (unpaired) electrons. The van der Waals surface area contributed by atoms with E-state index < -0.39 is 0 Å². The Hall–Kier alpha value is -1.76. The highest BCUT2D eigenvalue weighted by Gasteiger charge is 2.14. The normalized spacial score (nSPS) is 15.6. The Kier molecular flexibility index (Phi) is 2.23. The maximum absolute atomic E-state index is 3.95. The monoisotopic (exact) mass is 183 g/mol. The van der Waals surface area contributed by atoms with Crippen LogP contribution in [0.15, 0.2) is 54.3 Å². The Labute approximate surface area is 84.7 Å². The molecule has 1 heterocycles. The summed E-state index contributed by atoms with van der Waals surface area (Å²) in [5.41, 5.74) is 2.45. The lowest BCUT2D eigenvalue weighted by molar-refractivity contribution is -0.418. The lowest BCUT2D eigenvalue weighted by Crippen LogP contribution is -2.13. The second-order valence-corrected chi connectivity index (χ2v) is 3.43. The van der Waals surface area contributed by atoms with Crippen molar-refractivity contribution in [3.05, 3.63) is 65.9 Å². The first kappa shape index (κ1) is 8.82. The van der Waals surface area contributed by atoms with E-state index in [-0.39, 0.29) is 0 Å². The number of rotatable bonds is 1. The van der Waals surface area contributed by atoms with Gasteiger partial charge in [0.15, 0.2) is 0 Å². The summed E-state index contributed by atoms with van der Waals surface area (Å²) in [6, 6.07) is 11.4. The molecule has 70 valence electrons. The van der Waals surface area contributed by atoms with Crippen molar-refractivity contribution >= 4 is 6.72 Å². The van der Waals surface area contributed by atoms with Crippen LogP contribution in [-0.2, 0) is 0 Å². The van der Waals surface area contributed by atoms with Crippen molar-refractivity contribution in [1.82, 2.24) is 0 Å². The van der Waals surface area contributed by atoms with Crippen molar-refractivity contribution in [2.24, 2.45) is 0 Å². The number of hydrogen-bond acceptors (Lipinski definition) is 0. The Balaban J connectivity index is 2.36. The van der Waals surface area contributed by atoms with Gasteiger partial charge in [-0.1, -0.05) is 36.8 Å². The van der Waals surface area contributed by atoms with Crippen molar-refractivity contribution < 1.29 is 4.58 Å². The third-order valence-electron chi connectivity index (χ3n) is 2.26. The molecule has 0 bridgehead atoms. The van der Waals surface area contributed by atoms with E-state index in [4.69, 9.17) is 0 Å². The highest BCUT2D eigenvalue weighted by atomic mass is 15.0. The van der Waals surface area contributed by atoms with E-state index in [1.165, 1.54) is 11.1 Å². The van der Waals surface area contributed by atoms with Gasteiger partial charge in [0.25, 0.3) is 0 Å². The molecule has 0 spiro atoms. The fourth-order valence-electron chi connectivity index (χ4n) is 1.49. The van der Waals surface area contributed by atoms with Gasteiger partial charge in [-0.15, -0.1) is 12.1 Å². The zero-order valence-electron chi connectivity index (χ0n) is 8.27. The molecule has 0 amide bonds. The van der Waals surface area contributed by atoms with Crippen molar-refractivity contribution in [3.8, 4) is 0 Å². The molecular formula is C13H13N. The topological polar surface area (TPSA) is 3.01 Å². The molecule has 1 aliphatic heterocycles. The molecule has 14 heavy (non-hydrogen) atoms. The fourth-order valence-corrected chi connectivity index (χ4v) is 1.49. The van der Waals surface area contributed by atoms with E-state index in [1.807, 2.05) is 29.0 Å². The third kappa shape index (κ3) is 1.62. The SMILES string of the molecule is C=[N+]1C=CC(C)=C[C-]1c1ccccc1. The second kappa shape index (κ2) is 3.54. The first-order chi connectivity index (χ1) is 6.77. The summed E-state index contributed by atoms with van der Waals surface area (Å²) in [7, 11) is 0. The third-order valence-corrected chi connectivity index (χ3v) is 2.26. The lowest BCUT2D eigenvalue weighted by atomic mass is 10.0. The Bertz CT molecular complexity index is 399. The highest BCUT2D eigenvalue weighted by Crippen LogP contribution is 2.22. The number of nitrogens with zero attached hydrogens (tertiary/aromatic N) is 1. The molecule has 1 aliphatic rings. The van der Waals surface area contributed by atoms with E-state index in [2.05, 4.69) is 37.9 Å². The van der Waals surface area contributed by atoms with Crippen molar-refractivity contribution in [3.63, 3.8) is 0 Å². The van der Waals surface area contributed by atoms with Crippen molar-refractivity contribution in [2.45, 2.75) is 6.92 Å². The Morgan fingerprint density at radius 1 is 1.21 bits per heavy atom. The summed E-state index contributed by atoms with van der Waals surface area (Å²) in [6.07, 6.45) is 6.18. The number of hydrogen-bond donors (Lipinski definition) is 0. The smallest absolute Gasteiger partial charge is 0.147 e. The van der Waals surface area contributed by atoms with Crippen LogP contribution in [0.25, 0.3) is 0 Å². The van der Waals surface area contributed by atoms with Gasteiger partial charge < -0.3 is 0 Å². The molecule has 1 aromatic carbocycles. The minimum Gasteiger partial charge on any atom is -0.255 e. The molecule has 0 fully saturated rings. The molecule has 1 aromatic rings. The summed E-state index contributed by atoms with van der Waals surface area (Å²) in [4.78, 5) is 0. The standard InChI is InChI=1S/C13H13N/c1-11-8-9-14(2)13(10-11)12-6-4-3-5-7-12/h3-10H,2H2,1H3. The summed E-state index contributed by atoms with van der Waals surface area (Å²) in [5, 5.41) is 0. The molecule has 0 aromatic heterocycles. The van der Waals surface area contributed by atoms with Crippen molar-refractivity contribution in [1.29, 1.82) is 0 Å². The van der Waals surface area contributed by atoms with Gasteiger partial charge in [-0.2, -0.15) is 0 Å². The molecular weight excluding hydrogens is 170 g/mol. The van der Waals surface area contributed by atoms with Gasteiger partial charge >= 0.3 is 0 Å². The predicted molar refractivity (Wildman–Crippen MR) is 59.1 cm³/mol. The lowest BCUT2D eigenvalue weighted by Gasteiger charge is -2.17. The molecule has 1 nitrogen and oxygen atoms in total. The van der Waals surface area contributed by atoms with Gasteiger partial charge in [0.05, 0.1) is 6.72 Å². The van der Waals surface area contributed by atoms with Crippen LogP contribution in [0.3, 0.4) is 0 Å². The fraction of sp³-hybridized carbons (Fsp3) is 0.0769. The van der Waals surface area contributed by atoms with Gasteiger partial charge in [0, 0.05) is 0 Å². The van der Waals surface area contributed by atoms with Crippen LogP contribution in [-0.4, -0.2) is 11.3 Å².